The Labute approximate surface area is 168 Å². The summed E-state index contributed by atoms with van der Waals surface area (Å²) in [4.78, 5) is 25.6. The van der Waals surface area contributed by atoms with E-state index in [4.69, 9.17) is 9.47 Å². The van der Waals surface area contributed by atoms with E-state index in [9.17, 15) is 14.7 Å². The third-order valence-corrected chi connectivity index (χ3v) is 4.13. The minimum Gasteiger partial charge on any atom is -0.507 e. The van der Waals surface area contributed by atoms with Gasteiger partial charge in [0, 0.05) is 5.56 Å². The Kier molecular flexibility index (Phi) is 6.47. The number of ether oxygens (including phenoxy) is 2. The molecule has 148 valence electrons. The van der Waals surface area contributed by atoms with Crippen molar-refractivity contribution in [1.29, 1.82) is 0 Å². The maximum atomic E-state index is 13.0. The van der Waals surface area contributed by atoms with Crippen molar-refractivity contribution >= 4 is 17.6 Å². The second-order valence-corrected chi connectivity index (χ2v) is 6.13. The summed E-state index contributed by atoms with van der Waals surface area (Å²) in [6.45, 7) is 2.29. The summed E-state index contributed by atoms with van der Waals surface area (Å²) in [6.07, 6.45) is -1.21. The quantitative estimate of drug-likeness (QED) is 0.586. The molecule has 0 aromatic heterocycles. The molecule has 2 N–H and O–H groups in total. The lowest BCUT2D eigenvalue weighted by atomic mass is 10.1. The van der Waals surface area contributed by atoms with Gasteiger partial charge in [-0.3, -0.25) is 4.79 Å². The number of carbonyl (C=O) groups is 2. The molecule has 3 rings (SSSR count). The first-order chi connectivity index (χ1) is 14.1. The van der Waals surface area contributed by atoms with E-state index in [1.165, 1.54) is 12.1 Å². The highest BCUT2D eigenvalue weighted by atomic mass is 16.5. The number of esters is 1. The molecule has 0 saturated carbocycles. The van der Waals surface area contributed by atoms with Crippen LogP contribution in [-0.2, 0) is 9.53 Å². The molecule has 0 fully saturated rings. The topological polar surface area (TPSA) is 84.9 Å². The van der Waals surface area contributed by atoms with Gasteiger partial charge in [-0.2, -0.15) is 0 Å². The van der Waals surface area contributed by atoms with Gasteiger partial charge in [0.2, 0.25) is 6.10 Å². The summed E-state index contributed by atoms with van der Waals surface area (Å²) >= 11 is 0. The zero-order chi connectivity index (χ0) is 20.6. The fourth-order valence-electron chi connectivity index (χ4n) is 2.77. The van der Waals surface area contributed by atoms with Gasteiger partial charge in [-0.05, 0) is 31.2 Å². The number of benzene rings is 3. The number of anilines is 1. The monoisotopic (exact) mass is 391 g/mol. The highest BCUT2D eigenvalue weighted by molar-refractivity contribution is 5.99. The van der Waals surface area contributed by atoms with Crippen LogP contribution in [0.2, 0.25) is 0 Å². The molecule has 3 aromatic rings. The van der Waals surface area contributed by atoms with Crippen LogP contribution in [-0.4, -0.2) is 23.6 Å². The molecular formula is C23H21NO5. The van der Waals surface area contributed by atoms with Crippen LogP contribution in [0.3, 0.4) is 0 Å². The Bertz CT molecular complexity index is 987. The second-order valence-electron chi connectivity index (χ2n) is 6.13. The molecule has 6 heteroatoms. The molecule has 1 atom stereocenters. The number of hydrogen-bond acceptors (Lipinski definition) is 5. The predicted molar refractivity (Wildman–Crippen MR) is 109 cm³/mol. The Balaban J connectivity index is 1.87. The molecule has 0 bridgehead atoms. The third kappa shape index (κ3) is 4.93. The minimum absolute atomic E-state index is 0.0176. The van der Waals surface area contributed by atoms with Crippen LogP contribution in [0.25, 0.3) is 0 Å². The van der Waals surface area contributed by atoms with E-state index >= 15 is 0 Å². The number of nitrogens with one attached hydrogen (secondary N) is 1. The van der Waals surface area contributed by atoms with Gasteiger partial charge in [-0.25, -0.2) is 4.79 Å². The van der Waals surface area contributed by atoms with Crippen molar-refractivity contribution in [2.75, 3.05) is 11.9 Å². The van der Waals surface area contributed by atoms with Crippen molar-refractivity contribution in [2.45, 2.75) is 13.0 Å². The van der Waals surface area contributed by atoms with E-state index in [0.717, 1.165) is 0 Å². The molecule has 0 aliphatic carbocycles. The number of phenols is 1. The summed E-state index contributed by atoms with van der Waals surface area (Å²) in [5, 5.41) is 12.7. The molecule has 0 aliphatic heterocycles. The molecule has 0 aliphatic rings. The third-order valence-electron chi connectivity index (χ3n) is 4.13. The lowest BCUT2D eigenvalue weighted by Crippen LogP contribution is -2.26. The summed E-state index contributed by atoms with van der Waals surface area (Å²) in [5.41, 5.74) is 0.956. The van der Waals surface area contributed by atoms with Crippen LogP contribution in [0.4, 0.5) is 5.69 Å². The van der Waals surface area contributed by atoms with Gasteiger partial charge in [0.25, 0.3) is 5.91 Å². The number of hydrogen-bond donors (Lipinski definition) is 2. The molecule has 6 nitrogen and oxygen atoms in total. The first-order valence-electron chi connectivity index (χ1n) is 9.16. The zero-order valence-electron chi connectivity index (χ0n) is 15.9. The summed E-state index contributed by atoms with van der Waals surface area (Å²) < 4.78 is 11.0. The normalized spacial score (nSPS) is 11.3. The highest BCUT2D eigenvalue weighted by Gasteiger charge is 2.27. The fraction of sp³-hybridized carbons (Fsp3) is 0.130. The summed E-state index contributed by atoms with van der Waals surface area (Å²) in [5.74, 6) is -1.04. The van der Waals surface area contributed by atoms with Crippen LogP contribution in [0, 0.1) is 0 Å². The molecule has 29 heavy (non-hydrogen) atoms. The lowest BCUT2D eigenvalue weighted by Gasteiger charge is -2.19. The number of rotatable bonds is 7. The van der Waals surface area contributed by atoms with Crippen molar-refractivity contribution in [3.63, 3.8) is 0 Å². The molecule has 3 aromatic carbocycles. The van der Waals surface area contributed by atoms with Gasteiger partial charge >= 0.3 is 5.97 Å². The minimum atomic E-state index is -1.21. The molecule has 0 heterocycles. The number of aromatic hydroxyl groups is 1. The molecule has 0 unspecified atom stereocenters. The van der Waals surface area contributed by atoms with Gasteiger partial charge in [0.1, 0.15) is 17.1 Å². The van der Waals surface area contributed by atoms with Crippen molar-refractivity contribution in [2.24, 2.45) is 0 Å². The van der Waals surface area contributed by atoms with E-state index in [1.54, 1.807) is 66.7 Å². The smallest absolute Gasteiger partial charge is 0.343 e. The molecule has 0 radical (unpaired) electrons. The number of carbonyl (C=O) groups excluding carboxylic acids is 2. The van der Waals surface area contributed by atoms with Gasteiger partial charge in [-0.1, -0.05) is 54.6 Å². The van der Waals surface area contributed by atoms with Crippen molar-refractivity contribution in [3.05, 3.63) is 90.0 Å². The van der Waals surface area contributed by atoms with Crippen LogP contribution in [0.1, 0.15) is 28.9 Å². The van der Waals surface area contributed by atoms with Crippen molar-refractivity contribution < 1.29 is 24.2 Å². The molecule has 1 amide bonds. The van der Waals surface area contributed by atoms with Gasteiger partial charge in [0.15, 0.2) is 0 Å². The Morgan fingerprint density at radius 1 is 0.931 bits per heavy atom. The largest absolute Gasteiger partial charge is 0.507 e. The average molecular weight is 391 g/mol. The van der Waals surface area contributed by atoms with E-state index < -0.39 is 18.0 Å². The first-order valence-corrected chi connectivity index (χ1v) is 9.16. The maximum absolute atomic E-state index is 13.0. The lowest BCUT2D eigenvalue weighted by molar-refractivity contribution is -0.125. The fourth-order valence-corrected chi connectivity index (χ4v) is 2.77. The first kappa shape index (κ1) is 19.9. The SMILES string of the molecule is CCOc1ccccc1NC(=O)[C@@H](OC(=O)c1ccccc1O)c1ccccc1. The van der Waals surface area contributed by atoms with Crippen molar-refractivity contribution in [1.82, 2.24) is 0 Å². The Morgan fingerprint density at radius 2 is 1.59 bits per heavy atom. The average Bonchev–Trinajstić information content (AvgIpc) is 2.74. The zero-order valence-corrected chi connectivity index (χ0v) is 15.9. The van der Waals surface area contributed by atoms with Gasteiger partial charge in [0.05, 0.1) is 12.3 Å². The Hall–Kier alpha value is -3.80. The maximum Gasteiger partial charge on any atom is 0.343 e. The molecular weight excluding hydrogens is 370 g/mol. The van der Waals surface area contributed by atoms with Crippen LogP contribution in [0.5, 0.6) is 11.5 Å². The van der Waals surface area contributed by atoms with E-state index in [0.29, 0.717) is 23.6 Å². The van der Waals surface area contributed by atoms with Crippen LogP contribution < -0.4 is 10.1 Å². The van der Waals surface area contributed by atoms with E-state index in [-0.39, 0.29) is 11.3 Å². The van der Waals surface area contributed by atoms with E-state index in [2.05, 4.69) is 5.32 Å². The van der Waals surface area contributed by atoms with E-state index in [1.807, 2.05) is 6.92 Å². The molecule has 0 spiro atoms. The van der Waals surface area contributed by atoms with Gasteiger partial charge in [-0.15, -0.1) is 0 Å². The standard InChI is InChI=1S/C23H21NO5/c1-2-28-20-15-9-7-13-18(20)24-22(26)21(16-10-4-3-5-11-16)29-23(27)17-12-6-8-14-19(17)25/h3-15,21,25H,2H2,1H3,(H,24,26)/t21-/m0/s1. The molecule has 0 saturated heterocycles. The highest BCUT2D eigenvalue weighted by Crippen LogP contribution is 2.28. The number of amides is 1. The summed E-state index contributed by atoms with van der Waals surface area (Å²) in [6, 6.07) is 21.7. The van der Waals surface area contributed by atoms with Crippen molar-refractivity contribution in [3.8, 4) is 11.5 Å². The van der Waals surface area contributed by atoms with Gasteiger partial charge < -0.3 is 19.9 Å². The number of para-hydroxylation sites is 3. The van der Waals surface area contributed by atoms with Crippen LogP contribution in [0.15, 0.2) is 78.9 Å². The summed E-state index contributed by atoms with van der Waals surface area (Å²) in [7, 11) is 0. The second kappa shape index (κ2) is 9.41. The van der Waals surface area contributed by atoms with Crippen LogP contribution >= 0.6 is 0 Å². The predicted octanol–water partition coefficient (Wildman–Crippen LogP) is 4.33. The number of phenolic OH excluding ortho intramolecular Hbond substituents is 1. The Morgan fingerprint density at radius 3 is 2.31 bits per heavy atom.